The lowest BCUT2D eigenvalue weighted by Crippen LogP contribution is -2.29. The zero-order valence-electron chi connectivity index (χ0n) is 19.6. The van der Waals surface area contributed by atoms with Gasteiger partial charge in [0.15, 0.2) is 5.11 Å². The molecule has 7 heteroatoms. The van der Waals surface area contributed by atoms with Gasteiger partial charge in [-0.1, -0.05) is 17.7 Å². The van der Waals surface area contributed by atoms with Crippen molar-refractivity contribution in [2.75, 3.05) is 4.90 Å². The molecule has 0 spiro atoms. The fraction of sp³-hybridized carbons (Fsp3) is 0.241. The molecule has 1 saturated carbocycles. The van der Waals surface area contributed by atoms with Crippen LogP contribution in [0.25, 0.3) is 11.3 Å². The Labute approximate surface area is 221 Å². The molecule has 0 unspecified atom stereocenters. The van der Waals surface area contributed by atoms with Crippen molar-refractivity contribution < 1.29 is 9.15 Å². The van der Waals surface area contributed by atoms with Crippen molar-refractivity contribution >= 4 is 34.6 Å². The summed E-state index contributed by atoms with van der Waals surface area (Å²) >= 11 is 11.9. The Kier molecular flexibility index (Phi) is 6.38. The zero-order valence-corrected chi connectivity index (χ0v) is 21.2. The second kappa shape index (κ2) is 9.96. The van der Waals surface area contributed by atoms with E-state index in [0.717, 1.165) is 47.1 Å². The molecule has 2 aliphatic rings. The van der Waals surface area contributed by atoms with E-state index in [1.165, 1.54) is 12.8 Å². The van der Waals surface area contributed by atoms with Crippen LogP contribution < -0.4 is 15.0 Å². The lowest BCUT2D eigenvalue weighted by atomic mass is 10.0. The van der Waals surface area contributed by atoms with Gasteiger partial charge >= 0.3 is 0 Å². The Morgan fingerprint density at radius 2 is 1.72 bits per heavy atom. The predicted octanol–water partition coefficient (Wildman–Crippen LogP) is 7.49. The first-order valence-electron chi connectivity index (χ1n) is 12.3. The Morgan fingerprint density at radius 1 is 0.944 bits per heavy atom. The van der Waals surface area contributed by atoms with Gasteiger partial charge in [0.2, 0.25) is 0 Å². The maximum absolute atomic E-state index is 6.42. The summed E-state index contributed by atoms with van der Waals surface area (Å²) in [6.07, 6.45) is 6.87. The molecule has 2 aromatic carbocycles. The van der Waals surface area contributed by atoms with Crippen molar-refractivity contribution in [2.45, 2.75) is 43.9 Å². The van der Waals surface area contributed by atoms with Gasteiger partial charge in [-0.15, -0.1) is 0 Å². The molecule has 4 aromatic rings. The third-order valence-electron chi connectivity index (χ3n) is 6.86. The van der Waals surface area contributed by atoms with Crippen molar-refractivity contribution in [1.29, 1.82) is 0 Å². The van der Waals surface area contributed by atoms with E-state index in [0.29, 0.717) is 16.2 Å². The van der Waals surface area contributed by atoms with Gasteiger partial charge in [-0.2, -0.15) is 0 Å². The number of anilines is 1. The Bertz CT molecular complexity index is 1340. The van der Waals surface area contributed by atoms with Gasteiger partial charge in [0.1, 0.15) is 23.3 Å². The number of furan rings is 1. The number of nitrogens with one attached hydrogen (secondary N) is 1. The largest absolute Gasteiger partial charge is 0.490 e. The molecule has 3 heterocycles. The summed E-state index contributed by atoms with van der Waals surface area (Å²) in [4.78, 5) is 6.73. The molecular formula is C29H26ClN3O2S. The van der Waals surface area contributed by atoms with Crippen molar-refractivity contribution in [3.63, 3.8) is 0 Å². The van der Waals surface area contributed by atoms with Crippen LogP contribution in [0.15, 0.2) is 89.5 Å². The van der Waals surface area contributed by atoms with E-state index in [9.17, 15) is 0 Å². The minimum Gasteiger partial charge on any atom is -0.490 e. The summed E-state index contributed by atoms with van der Waals surface area (Å²) in [5.74, 6) is 2.47. The minimum atomic E-state index is -0.213. The summed E-state index contributed by atoms with van der Waals surface area (Å²) < 4.78 is 12.6. The van der Waals surface area contributed by atoms with Crippen molar-refractivity contribution in [3.8, 4) is 17.1 Å². The van der Waals surface area contributed by atoms with Crippen molar-refractivity contribution in [1.82, 2.24) is 10.3 Å². The van der Waals surface area contributed by atoms with Gasteiger partial charge in [0.05, 0.1) is 17.8 Å². The molecule has 2 atom stereocenters. The van der Waals surface area contributed by atoms with Gasteiger partial charge in [0, 0.05) is 22.5 Å². The molecule has 6 rings (SSSR count). The molecule has 36 heavy (non-hydrogen) atoms. The van der Waals surface area contributed by atoms with E-state index < -0.39 is 0 Å². The average Bonchev–Trinajstić information content (AvgIpc) is 3.66. The van der Waals surface area contributed by atoms with E-state index in [4.69, 9.17) is 33.0 Å². The van der Waals surface area contributed by atoms with Crippen LogP contribution in [0.4, 0.5) is 5.69 Å². The lowest BCUT2D eigenvalue weighted by Gasteiger charge is -2.26. The van der Waals surface area contributed by atoms with Gasteiger partial charge in [-0.05, 0) is 111 Å². The third-order valence-corrected chi connectivity index (χ3v) is 7.43. The Morgan fingerprint density at radius 3 is 2.44 bits per heavy atom. The first-order valence-corrected chi connectivity index (χ1v) is 13.1. The quantitative estimate of drug-likeness (QED) is 0.268. The number of ether oxygens (including phenoxy) is 1. The highest BCUT2D eigenvalue weighted by Gasteiger charge is 2.42. The minimum absolute atomic E-state index is 0.169. The molecule has 2 fully saturated rings. The van der Waals surface area contributed by atoms with Crippen LogP contribution in [-0.4, -0.2) is 16.2 Å². The number of hydrogen-bond donors (Lipinski definition) is 1. The number of pyridine rings is 1. The van der Waals surface area contributed by atoms with Crippen molar-refractivity contribution in [2.24, 2.45) is 0 Å². The van der Waals surface area contributed by atoms with E-state index >= 15 is 0 Å². The summed E-state index contributed by atoms with van der Waals surface area (Å²) in [7, 11) is 0. The van der Waals surface area contributed by atoms with Crippen LogP contribution >= 0.6 is 23.8 Å². The first-order chi connectivity index (χ1) is 17.7. The summed E-state index contributed by atoms with van der Waals surface area (Å²) in [6.45, 7) is 0. The third kappa shape index (κ3) is 4.59. The van der Waals surface area contributed by atoms with Crippen LogP contribution in [0, 0.1) is 0 Å². The summed E-state index contributed by atoms with van der Waals surface area (Å²) in [6, 6.07) is 25.4. The number of benzene rings is 2. The second-order valence-electron chi connectivity index (χ2n) is 9.22. The normalized spacial score (nSPS) is 20.0. The van der Waals surface area contributed by atoms with Crippen molar-refractivity contribution in [3.05, 3.63) is 102 Å². The molecule has 0 amide bonds. The van der Waals surface area contributed by atoms with Crippen LogP contribution in [0.1, 0.15) is 49.2 Å². The number of aromatic nitrogens is 1. The number of halogens is 1. The fourth-order valence-corrected chi connectivity index (χ4v) is 5.56. The number of nitrogens with zero attached hydrogens (tertiary/aromatic N) is 2. The molecule has 0 radical (unpaired) electrons. The van der Waals surface area contributed by atoms with Gasteiger partial charge in [0.25, 0.3) is 0 Å². The molecule has 1 N–H and O–H groups in total. The van der Waals surface area contributed by atoms with Gasteiger partial charge in [-0.3, -0.25) is 4.98 Å². The fourth-order valence-electron chi connectivity index (χ4n) is 5.09. The highest BCUT2D eigenvalue weighted by molar-refractivity contribution is 7.80. The van der Waals surface area contributed by atoms with Crippen LogP contribution in [0.3, 0.4) is 0 Å². The maximum Gasteiger partial charge on any atom is 0.174 e. The van der Waals surface area contributed by atoms with Crippen LogP contribution in [-0.2, 0) is 0 Å². The molecule has 0 bridgehead atoms. The maximum atomic E-state index is 6.42. The first kappa shape index (κ1) is 23.1. The van der Waals surface area contributed by atoms with E-state index in [2.05, 4.69) is 27.3 Å². The van der Waals surface area contributed by atoms with Crippen LogP contribution in [0.2, 0.25) is 5.02 Å². The second-order valence-corrected chi connectivity index (χ2v) is 10.0. The standard InChI is InChI=1S/C29H26ClN3O2S/c30-20-10-8-19(9-11-20)25-16-17-26(35-25)28-27(24-7-3-4-18-31-24)32-29(36)33(28)21-12-14-23(15-13-21)34-22-5-1-2-6-22/h3-4,7-18,22,27-28H,1-2,5-6H2,(H,32,36)/t27-,28+/m1/s1. The summed E-state index contributed by atoms with van der Waals surface area (Å²) in [5.41, 5.74) is 2.84. The smallest absolute Gasteiger partial charge is 0.174 e. The molecule has 182 valence electrons. The highest BCUT2D eigenvalue weighted by atomic mass is 35.5. The zero-order chi connectivity index (χ0) is 24.5. The van der Waals surface area contributed by atoms with E-state index in [-0.39, 0.29) is 12.1 Å². The highest BCUT2D eigenvalue weighted by Crippen LogP contribution is 2.43. The Hall–Kier alpha value is -3.35. The molecule has 1 aliphatic carbocycles. The molecule has 2 aromatic heterocycles. The molecule has 1 saturated heterocycles. The molecule has 5 nitrogen and oxygen atoms in total. The van der Waals surface area contributed by atoms with E-state index in [1.807, 2.05) is 66.7 Å². The lowest BCUT2D eigenvalue weighted by molar-refractivity contribution is 0.210. The topological polar surface area (TPSA) is 50.5 Å². The predicted molar refractivity (Wildman–Crippen MR) is 146 cm³/mol. The number of thiocarbonyl (C=S) groups is 1. The Balaban J connectivity index is 1.34. The van der Waals surface area contributed by atoms with Gasteiger partial charge < -0.3 is 19.4 Å². The number of rotatable bonds is 6. The average molecular weight is 516 g/mol. The van der Waals surface area contributed by atoms with Crippen LogP contribution in [0.5, 0.6) is 5.75 Å². The van der Waals surface area contributed by atoms with E-state index in [1.54, 1.807) is 6.20 Å². The summed E-state index contributed by atoms with van der Waals surface area (Å²) in [5, 5.41) is 4.80. The monoisotopic (exact) mass is 515 g/mol. The molecular weight excluding hydrogens is 490 g/mol. The SMILES string of the molecule is S=C1N[C@H](c2ccccn2)[C@H](c2ccc(-c3ccc(Cl)cc3)o2)N1c1ccc(OC2CCCC2)cc1. The number of hydrogen-bond acceptors (Lipinski definition) is 4. The molecule has 1 aliphatic heterocycles. The van der Waals surface area contributed by atoms with Gasteiger partial charge in [-0.25, -0.2) is 0 Å².